The zero-order valence-electron chi connectivity index (χ0n) is 16.3. The van der Waals surface area contributed by atoms with Gasteiger partial charge in [0, 0.05) is 45.4 Å². The number of hydrogen-bond acceptors (Lipinski definition) is 7. The van der Waals surface area contributed by atoms with Gasteiger partial charge in [-0.1, -0.05) is 0 Å². The first-order valence-corrected chi connectivity index (χ1v) is 12.2. The van der Waals surface area contributed by atoms with Gasteiger partial charge in [-0.15, -0.1) is 0 Å². The Kier molecular flexibility index (Phi) is 7.08. The number of nitrogens with one attached hydrogen (secondary N) is 2. The summed E-state index contributed by atoms with van der Waals surface area (Å²) in [7, 11) is -3.50. The molecule has 13 heteroatoms. The normalized spacial score (nSPS) is 22.6. The van der Waals surface area contributed by atoms with Crippen molar-refractivity contribution < 1.29 is 31.2 Å². The number of rotatable bonds is 7. The van der Waals surface area contributed by atoms with Crippen molar-refractivity contribution in [1.29, 1.82) is 0 Å². The van der Waals surface area contributed by atoms with E-state index < -0.39 is 54.9 Å². The van der Waals surface area contributed by atoms with Crippen molar-refractivity contribution in [3.05, 3.63) is 0 Å². The molecule has 0 radical (unpaired) electrons. The second-order valence-electron chi connectivity index (χ2n) is 7.31. The Balaban J connectivity index is 2.13. The first-order chi connectivity index (χ1) is 12.9. The highest BCUT2D eigenvalue weighted by Gasteiger charge is 2.49. The van der Waals surface area contributed by atoms with E-state index in [2.05, 4.69) is 10.0 Å². The van der Waals surface area contributed by atoms with Gasteiger partial charge in [-0.3, -0.25) is 9.59 Å². The fraction of sp³-hybridized carbons (Fsp3) is 0.867. The SMILES string of the molecule is CNS(=O)(=O)CC(=O)N1CC(NC(=O)CS(=O)(=O)N(C)C)CC12CCOCC2. The Morgan fingerprint density at radius 1 is 1.14 bits per heavy atom. The summed E-state index contributed by atoms with van der Waals surface area (Å²) < 4.78 is 55.8. The third-order valence-corrected chi connectivity index (χ3v) is 8.17. The Hall–Kier alpha value is -1.28. The van der Waals surface area contributed by atoms with Gasteiger partial charge in [-0.2, -0.15) is 0 Å². The van der Waals surface area contributed by atoms with E-state index in [4.69, 9.17) is 4.74 Å². The average Bonchev–Trinajstić information content (AvgIpc) is 2.91. The molecule has 0 aromatic rings. The maximum Gasteiger partial charge on any atom is 0.239 e. The van der Waals surface area contributed by atoms with Crippen LogP contribution in [0.25, 0.3) is 0 Å². The summed E-state index contributed by atoms with van der Waals surface area (Å²) in [4.78, 5) is 26.4. The predicted molar refractivity (Wildman–Crippen MR) is 101 cm³/mol. The van der Waals surface area contributed by atoms with Crippen LogP contribution in [0.1, 0.15) is 19.3 Å². The number of sulfonamides is 2. The Bertz CT molecular complexity index is 804. The van der Waals surface area contributed by atoms with Gasteiger partial charge in [0.1, 0.15) is 11.5 Å². The maximum absolute atomic E-state index is 12.7. The molecule has 2 aliphatic heterocycles. The van der Waals surface area contributed by atoms with Crippen LogP contribution in [0.15, 0.2) is 0 Å². The molecule has 0 bridgehead atoms. The van der Waals surface area contributed by atoms with Gasteiger partial charge in [-0.25, -0.2) is 25.9 Å². The monoisotopic (exact) mass is 440 g/mol. The van der Waals surface area contributed by atoms with Gasteiger partial charge in [0.2, 0.25) is 31.9 Å². The standard InChI is InChI=1S/C15H28N4O7S2/c1-16-27(22,23)11-14(21)19-9-12(8-15(19)4-6-26-7-5-15)17-13(20)10-28(24,25)18(2)3/h12,16H,4-11H2,1-3H3,(H,17,20). The minimum absolute atomic E-state index is 0.131. The number of likely N-dealkylation sites (tertiary alicyclic amines) is 1. The summed E-state index contributed by atoms with van der Waals surface area (Å²) in [6, 6.07) is -0.454. The molecule has 2 heterocycles. The third kappa shape index (κ3) is 5.41. The fourth-order valence-electron chi connectivity index (χ4n) is 3.61. The Morgan fingerprint density at radius 3 is 2.29 bits per heavy atom. The van der Waals surface area contributed by atoms with Crippen LogP contribution in [0.5, 0.6) is 0 Å². The largest absolute Gasteiger partial charge is 0.381 e. The Morgan fingerprint density at radius 2 is 1.75 bits per heavy atom. The predicted octanol–water partition coefficient (Wildman–Crippen LogP) is -2.31. The highest BCUT2D eigenvalue weighted by Crippen LogP contribution is 2.38. The van der Waals surface area contributed by atoms with Crippen LogP contribution in [0.2, 0.25) is 0 Å². The molecule has 28 heavy (non-hydrogen) atoms. The van der Waals surface area contributed by atoms with Crippen molar-refractivity contribution in [1.82, 2.24) is 19.2 Å². The number of ether oxygens (including phenoxy) is 1. The topological polar surface area (TPSA) is 142 Å². The highest BCUT2D eigenvalue weighted by molar-refractivity contribution is 7.90. The van der Waals surface area contributed by atoms with E-state index >= 15 is 0 Å². The summed E-state index contributed by atoms with van der Waals surface area (Å²) in [5.41, 5.74) is -0.600. The molecule has 2 N–H and O–H groups in total. The van der Waals surface area contributed by atoms with Crippen LogP contribution < -0.4 is 10.0 Å². The average molecular weight is 441 g/mol. The van der Waals surface area contributed by atoms with Crippen molar-refractivity contribution in [3.8, 4) is 0 Å². The molecule has 1 unspecified atom stereocenters. The van der Waals surface area contributed by atoms with E-state index in [-0.39, 0.29) is 6.54 Å². The molecule has 0 saturated carbocycles. The number of nitrogens with zero attached hydrogens (tertiary/aromatic N) is 2. The molecule has 0 aliphatic carbocycles. The molecule has 2 saturated heterocycles. The van der Waals surface area contributed by atoms with E-state index in [1.54, 1.807) is 0 Å². The summed E-state index contributed by atoms with van der Waals surface area (Å²) >= 11 is 0. The fourth-order valence-corrected chi connectivity index (χ4v) is 4.91. The van der Waals surface area contributed by atoms with E-state index in [9.17, 15) is 26.4 Å². The smallest absolute Gasteiger partial charge is 0.239 e. The molecule has 1 spiro atoms. The molecule has 2 amide bonds. The van der Waals surface area contributed by atoms with Gasteiger partial charge < -0.3 is 15.0 Å². The molecule has 162 valence electrons. The van der Waals surface area contributed by atoms with Crippen molar-refractivity contribution >= 4 is 31.9 Å². The lowest BCUT2D eigenvalue weighted by molar-refractivity contribution is -0.136. The van der Waals surface area contributed by atoms with E-state index in [1.807, 2.05) is 0 Å². The number of hydrogen-bond donors (Lipinski definition) is 2. The summed E-state index contributed by atoms with van der Waals surface area (Å²) in [6.45, 7) is 0.988. The van der Waals surface area contributed by atoms with Gasteiger partial charge in [0.15, 0.2) is 0 Å². The molecule has 0 aromatic carbocycles. The molecule has 0 aromatic heterocycles. The van der Waals surface area contributed by atoms with Crippen LogP contribution in [0.4, 0.5) is 0 Å². The molecule has 11 nitrogen and oxygen atoms in total. The zero-order chi connectivity index (χ0) is 21.2. The van der Waals surface area contributed by atoms with E-state index in [0.717, 1.165) is 4.31 Å². The number of amides is 2. The number of carbonyl (C=O) groups excluding carboxylic acids is 2. The first-order valence-electron chi connectivity index (χ1n) is 8.90. The highest BCUT2D eigenvalue weighted by atomic mass is 32.2. The van der Waals surface area contributed by atoms with E-state index in [0.29, 0.717) is 32.5 Å². The van der Waals surface area contributed by atoms with Crippen LogP contribution in [0.3, 0.4) is 0 Å². The quantitative estimate of drug-likeness (QED) is 0.453. The van der Waals surface area contributed by atoms with Gasteiger partial charge in [0.05, 0.1) is 0 Å². The summed E-state index contributed by atoms with van der Waals surface area (Å²) in [5.74, 6) is -2.57. The minimum Gasteiger partial charge on any atom is -0.381 e. The van der Waals surface area contributed by atoms with Gasteiger partial charge in [-0.05, 0) is 26.3 Å². The van der Waals surface area contributed by atoms with Crippen LogP contribution in [-0.2, 0) is 34.4 Å². The molecular formula is C15H28N4O7S2. The summed E-state index contributed by atoms with van der Waals surface area (Å²) in [6.07, 6.45) is 1.48. The van der Waals surface area contributed by atoms with Gasteiger partial charge in [0.25, 0.3) is 0 Å². The van der Waals surface area contributed by atoms with Crippen molar-refractivity contribution in [2.75, 3.05) is 52.4 Å². The van der Waals surface area contributed by atoms with Crippen molar-refractivity contribution in [3.63, 3.8) is 0 Å². The molecule has 2 rings (SSSR count). The van der Waals surface area contributed by atoms with E-state index in [1.165, 1.54) is 26.0 Å². The zero-order valence-corrected chi connectivity index (χ0v) is 17.9. The third-order valence-electron chi connectivity index (χ3n) is 5.19. The Labute approximate surface area is 165 Å². The van der Waals surface area contributed by atoms with Crippen molar-refractivity contribution in [2.24, 2.45) is 0 Å². The lowest BCUT2D eigenvalue weighted by Crippen LogP contribution is -2.52. The molecule has 2 fully saturated rings. The number of carbonyl (C=O) groups is 2. The second-order valence-corrected chi connectivity index (χ2v) is 11.4. The van der Waals surface area contributed by atoms with Crippen LogP contribution in [0, 0.1) is 0 Å². The first kappa shape index (κ1) is 23.0. The van der Waals surface area contributed by atoms with Crippen LogP contribution in [-0.4, -0.2) is 102 Å². The lowest BCUT2D eigenvalue weighted by atomic mass is 9.86. The summed E-state index contributed by atoms with van der Waals surface area (Å²) in [5, 5.41) is 2.68. The lowest BCUT2D eigenvalue weighted by Gasteiger charge is -2.41. The van der Waals surface area contributed by atoms with Crippen molar-refractivity contribution in [2.45, 2.75) is 30.8 Å². The molecule has 2 aliphatic rings. The second kappa shape index (κ2) is 8.61. The van der Waals surface area contributed by atoms with Gasteiger partial charge >= 0.3 is 0 Å². The molecule has 1 atom stereocenters. The molecular weight excluding hydrogens is 412 g/mol. The maximum atomic E-state index is 12.7. The van der Waals surface area contributed by atoms with Crippen LogP contribution >= 0.6 is 0 Å². The minimum atomic E-state index is -3.73.